The van der Waals surface area contributed by atoms with E-state index in [9.17, 15) is 9.59 Å². The number of aliphatic hydroxyl groups is 1. The minimum Gasteiger partial charge on any atom is -0.394 e. The molecule has 0 spiro atoms. The molecule has 3 rings (SSSR count). The minimum absolute atomic E-state index is 0.0508. The van der Waals surface area contributed by atoms with Gasteiger partial charge in [0.05, 0.1) is 12.6 Å². The van der Waals surface area contributed by atoms with E-state index >= 15 is 0 Å². The molecule has 0 aliphatic carbocycles. The number of benzene rings is 2. The van der Waals surface area contributed by atoms with Gasteiger partial charge in [-0.25, -0.2) is 0 Å². The van der Waals surface area contributed by atoms with E-state index in [2.05, 4.69) is 32.5 Å². The maximum atomic E-state index is 12.5. The fraction of sp³-hybridized carbons (Fsp3) is 0.286. The molecule has 2 unspecified atom stereocenters. The number of nitrogen functional groups attached to an aromatic ring is 1. The van der Waals surface area contributed by atoms with E-state index < -0.39 is 0 Å². The lowest BCUT2D eigenvalue weighted by molar-refractivity contribution is -0.123. The first-order valence-corrected chi connectivity index (χ1v) is 13.2. The molecule has 1 aromatic heterocycles. The Bertz CT molecular complexity index is 1100. The number of hydrogen-bond acceptors (Lipinski definition) is 7. The average Bonchev–Trinajstić information content (AvgIpc) is 2.95. The molecular formula is C28H36N6O3S. The van der Waals surface area contributed by atoms with Gasteiger partial charge in [0.1, 0.15) is 5.84 Å². The summed E-state index contributed by atoms with van der Waals surface area (Å²) in [6.45, 7) is 2.22. The van der Waals surface area contributed by atoms with Gasteiger partial charge in [0.2, 0.25) is 12.3 Å². The first-order chi connectivity index (χ1) is 18.4. The van der Waals surface area contributed by atoms with Crippen LogP contribution in [0.4, 0.5) is 0 Å². The van der Waals surface area contributed by atoms with Crippen LogP contribution in [0.5, 0.6) is 0 Å². The summed E-state index contributed by atoms with van der Waals surface area (Å²) < 4.78 is 3.28. The predicted octanol–water partition coefficient (Wildman–Crippen LogP) is 2.53. The Hall–Kier alpha value is -3.73. The largest absolute Gasteiger partial charge is 0.394 e. The SMILES string of the molecule is CC(CO)NC(=O)C(CCc1ccncc1)NSCc1ccccc1.N=C(N)c1ccc(CNC=O)cc1. The van der Waals surface area contributed by atoms with E-state index in [0.717, 1.165) is 23.3 Å². The molecule has 7 N–H and O–H groups in total. The molecule has 0 saturated carbocycles. The Kier molecular flexibility index (Phi) is 14.2. The molecule has 0 radical (unpaired) electrons. The van der Waals surface area contributed by atoms with Crippen LogP contribution in [-0.2, 0) is 28.3 Å². The molecule has 9 nitrogen and oxygen atoms in total. The number of carbonyl (C=O) groups excluding carboxylic acids is 2. The lowest BCUT2D eigenvalue weighted by Crippen LogP contribution is -2.46. The number of pyridine rings is 1. The fourth-order valence-electron chi connectivity index (χ4n) is 3.25. The maximum Gasteiger partial charge on any atom is 0.238 e. The number of aromatic nitrogens is 1. The lowest BCUT2D eigenvalue weighted by Gasteiger charge is -2.20. The summed E-state index contributed by atoms with van der Waals surface area (Å²) in [5, 5.41) is 21.7. The topological polar surface area (TPSA) is 153 Å². The Labute approximate surface area is 228 Å². The second-order valence-electron chi connectivity index (χ2n) is 8.54. The highest BCUT2D eigenvalue weighted by Gasteiger charge is 2.19. The number of nitrogens with one attached hydrogen (secondary N) is 4. The van der Waals surface area contributed by atoms with Crippen molar-refractivity contribution in [3.05, 3.63) is 101 Å². The molecule has 0 aliphatic heterocycles. The first-order valence-electron chi connectivity index (χ1n) is 12.2. The summed E-state index contributed by atoms with van der Waals surface area (Å²) in [7, 11) is 0. The zero-order valence-corrected chi connectivity index (χ0v) is 22.3. The smallest absolute Gasteiger partial charge is 0.238 e. The van der Waals surface area contributed by atoms with Gasteiger partial charge in [-0.3, -0.25) is 24.7 Å². The Balaban J connectivity index is 0.000000328. The zero-order chi connectivity index (χ0) is 27.6. The third-order valence-corrected chi connectivity index (χ3v) is 6.34. The van der Waals surface area contributed by atoms with Crippen LogP contribution in [0.1, 0.15) is 35.6 Å². The fourth-order valence-corrected chi connectivity index (χ4v) is 4.12. The number of aliphatic hydroxyl groups excluding tert-OH is 1. The third kappa shape index (κ3) is 12.0. The molecule has 1 heterocycles. The van der Waals surface area contributed by atoms with Crippen LogP contribution in [-0.4, -0.2) is 46.9 Å². The number of hydrogen-bond donors (Lipinski definition) is 6. The molecule has 10 heteroatoms. The van der Waals surface area contributed by atoms with Crippen LogP contribution in [0.2, 0.25) is 0 Å². The molecular weight excluding hydrogens is 500 g/mol. The maximum absolute atomic E-state index is 12.5. The number of nitrogens with zero attached hydrogens (tertiary/aromatic N) is 1. The van der Waals surface area contributed by atoms with Crippen LogP contribution < -0.4 is 21.1 Å². The summed E-state index contributed by atoms with van der Waals surface area (Å²) in [6, 6.07) is 20.6. The molecule has 0 fully saturated rings. The Morgan fingerprint density at radius 3 is 2.34 bits per heavy atom. The van der Waals surface area contributed by atoms with Crippen LogP contribution in [0.25, 0.3) is 0 Å². The molecule has 0 bridgehead atoms. The van der Waals surface area contributed by atoms with Gasteiger partial charge in [-0.1, -0.05) is 66.5 Å². The molecule has 3 aromatic rings. The highest BCUT2D eigenvalue weighted by Crippen LogP contribution is 2.12. The number of nitrogens with two attached hydrogens (primary N) is 1. The van der Waals surface area contributed by atoms with E-state index in [1.165, 1.54) is 17.5 Å². The van der Waals surface area contributed by atoms with Crippen LogP contribution >= 0.6 is 11.9 Å². The minimum atomic E-state index is -0.323. The highest BCUT2D eigenvalue weighted by atomic mass is 32.2. The summed E-state index contributed by atoms with van der Waals surface area (Å²) in [5.74, 6) is 0.751. The Morgan fingerprint density at radius 1 is 1.05 bits per heavy atom. The molecule has 0 saturated heterocycles. The standard InChI is InChI=1S/C19H25N3O2S.C9H11N3O/c1-15(13-23)21-19(24)18(8-7-16-9-11-20-12-10-16)22-25-14-17-5-3-2-4-6-17;10-9(11)8-3-1-7(2-4-8)5-12-6-13/h2-6,9-12,15,18,22-23H,7-8,13-14H2,1H3,(H,21,24);1-4,6H,5H2,(H3,10,11)(H,12,13). The number of rotatable bonds is 14. The number of carbonyl (C=O) groups is 2. The van der Waals surface area contributed by atoms with Crippen molar-refractivity contribution >= 4 is 30.1 Å². The van der Waals surface area contributed by atoms with Crippen LogP contribution in [0.15, 0.2) is 79.1 Å². The van der Waals surface area contributed by atoms with Crippen molar-refractivity contribution in [2.24, 2.45) is 5.73 Å². The van der Waals surface area contributed by atoms with Crippen molar-refractivity contribution in [2.45, 2.75) is 44.1 Å². The summed E-state index contributed by atoms with van der Waals surface area (Å²) in [4.78, 5) is 26.5. The second kappa shape index (κ2) is 17.7. The van der Waals surface area contributed by atoms with Crippen molar-refractivity contribution < 1.29 is 14.7 Å². The van der Waals surface area contributed by atoms with E-state index in [1.807, 2.05) is 42.5 Å². The summed E-state index contributed by atoms with van der Waals surface area (Å²) in [6.07, 6.45) is 5.63. The van der Waals surface area contributed by atoms with Crippen molar-refractivity contribution in [1.29, 1.82) is 5.41 Å². The number of amides is 2. The van der Waals surface area contributed by atoms with Crippen molar-refractivity contribution in [3.63, 3.8) is 0 Å². The third-order valence-electron chi connectivity index (χ3n) is 5.41. The van der Waals surface area contributed by atoms with Gasteiger partial charge >= 0.3 is 0 Å². The zero-order valence-electron chi connectivity index (χ0n) is 21.5. The molecule has 202 valence electrons. The highest BCUT2D eigenvalue weighted by molar-refractivity contribution is 7.96. The quantitative estimate of drug-likeness (QED) is 0.0801. The van der Waals surface area contributed by atoms with Gasteiger partial charge in [0.15, 0.2) is 0 Å². The van der Waals surface area contributed by atoms with Gasteiger partial charge < -0.3 is 21.5 Å². The Morgan fingerprint density at radius 2 is 1.74 bits per heavy atom. The van der Waals surface area contributed by atoms with Gasteiger partial charge in [-0.2, -0.15) is 0 Å². The van der Waals surface area contributed by atoms with Gasteiger partial charge in [-0.15, -0.1) is 0 Å². The molecule has 2 aromatic carbocycles. The van der Waals surface area contributed by atoms with Gasteiger partial charge in [0, 0.05) is 36.3 Å². The summed E-state index contributed by atoms with van der Waals surface area (Å²) >= 11 is 1.53. The average molecular weight is 537 g/mol. The van der Waals surface area contributed by atoms with Crippen LogP contribution in [0.3, 0.4) is 0 Å². The summed E-state index contributed by atoms with van der Waals surface area (Å²) in [5.41, 5.74) is 9.30. The van der Waals surface area contributed by atoms with Crippen molar-refractivity contribution in [1.82, 2.24) is 20.3 Å². The van der Waals surface area contributed by atoms with Gasteiger partial charge in [-0.05, 0) is 48.6 Å². The molecule has 2 atom stereocenters. The van der Waals surface area contributed by atoms with Crippen molar-refractivity contribution in [3.8, 4) is 0 Å². The second-order valence-corrected chi connectivity index (χ2v) is 9.35. The molecule has 0 aliphatic rings. The lowest BCUT2D eigenvalue weighted by atomic mass is 10.1. The van der Waals surface area contributed by atoms with E-state index in [4.69, 9.17) is 16.2 Å². The van der Waals surface area contributed by atoms with E-state index in [-0.39, 0.29) is 30.4 Å². The van der Waals surface area contributed by atoms with E-state index in [0.29, 0.717) is 24.9 Å². The number of amidine groups is 1. The molecule has 38 heavy (non-hydrogen) atoms. The normalized spacial score (nSPS) is 11.8. The van der Waals surface area contributed by atoms with Crippen LogP contribution in [0, 0.1) is 5.41 Å². The van der Waals surface area contributed by atoms with E-state index in [1.54, 1.807) is 31.5 Å². The first kappa shape index (κ1) is 30.5. The number of aryl methyl sites for hydroxylation is 1. The van der Waals surface area contributed by atoms with Gasteiger partial charge in [0.25, 0.3) is 0 Å². The van der Waals surface area contributed by atoms with Crippen molar-refractivity contribution in [2.75, 3.05) is 6.61 Å². The molecule has 2 amide bonds. The monoisotopic (exact) mass is 536 g/mol. The predicted molar refractivity (Wildman–Crippen MR) is 152 cm³/mol.